The number of imidazole rings is 1. The number of rotatable bonds is 4. The Bertz CT molecular complexity index is 1330. The smallest absolute Gasteiger partial charge is 0.235 e. The van der Waals surface area contributed by atoms with Crippen LogP contribution in [0.25, 0.3) is 34.3 Å². The van der Waals surface area contributed by atoms with Gasteiger partial charge in [-0.15, -0.1) is 10.2 Å². The second-order valence-corrected chi connectivity index (χ2v) is 7.20. The number of benzene rings is 1. The maximum atomic E-state index is 5.39. The van der Waals surface area contributed by atoms with E-state index < -0.39 is 0 Å². The Hall–Kier alpha value is -3.52. The highest BCUT2D eigenvalue weighted by atomic mass is 32.1. The van der Waals surface area contributed by atoms with Crippen molar-refractivity contribution in [2.75, 3.05) is 7.11 Å². The normalized spacial score (nSPS) is 11.8. The van der Waals surface area contributed by atoms with Crippen LogP contribution >= 0.6 is 11.3 Å². The van der Waals surface area contributed by atoms with Crippen LogP contribution in [0, 0.1) is 6.92 Å². The van der Waals surface area contributed by atoms with Crippen molar-refractivity contribution in [3.63, 3.8) is 0 Å². The number of methoxy groups -OCH3 is 1. The second-order valence-electron chi connectivity index (χ2n) is 6.21. The molecule has 5 aromatic rings. The number of aryl methyl sites for hydroxylation is 1. The summed E-state index contributed by atoms with van der Waals surface area (Å²) in [6.07, 6.45) is 5.92. The summed E-state index contributed by atoms with van der Waals surface area (Å²) in [5, 5.41) is 14.2. The van der Waals surface area contributed by atoms with Crippen LogP contribution in [0.5, 0.6) is 5.75 Å². The molecule has 4 aromatic heterocycles. The molecule has 0 saturated carbocycles. The number of ether oxygens (including phenoxy) is 1. The minimum absolute atomic E-state index is 0.680. The van der Waals surface area contributed by atoms with Gasteiger partial charge in [0.1, 0.15) is 22.1 Å². The maximum Gasteiger partial charge on any atom is 0.235 e. The molecule has 8 heteroatoms. The number of hydrogen-bond donors (Lipinski definition) is 0. The minimum atomic E-state index is 0.680. The number of nitrogens with zero attached hydrogens (tertiary/aromatic N) is 6. The van der Waals surface area contributed by atoms with Crippen molar-refractivity contribution in [1.29, 1.82) is 0 Å². The lowest BCUT2D eigenvalue weighted by Gasteiger charge is -2.02. The third-order valence-corrected chi connectivity index (χ3v) is 5.33. The maximum absolute atomic E-state index is 5.39. The Kier molecular flexibility index (Phi) is 3.91. The number of fused-ring (bicyclic) bond motifs is 2. The Balaban J connectivity index is 1.58. The van der Waals surface area contributed by atoms with Gasteiger partial charge in [-0.05, 0) is 37.3 Å². The van der Waals surface area contributed by atoms with Crippen LogP contribution in [0.15, 0.2) is 48.7 Å². The predicted molar refractivity (Wildman–Crippen MR) is 110 cm³/mol. The van der Waals surface area contributed by atoms with E-state index in [9.17, 15) is 0 Å². The third kappa shape index (κ3) is 2.66. The van der Waals surface area contributed by atoms with Gasteiger partial charge in [0.2, 0.25) is 10.8 Å². The summed E-state index contributed by atoms with van der Waals surface area (Å²) in [4.78, 5) is 5.34. The van der Waals surface area contributed by atoms with Crippen LogP contribution in [0.4, 0.5) is 0 Å². The van der Waals surface area contributed by atoms with Crippen LogP contribution < -0.4 is 4.74 Å². The zero-order valence-corrected chi connectivity index (χ0v) is 16.1. The third-order valence-electron chi connectivity index (χ3n) is 4.47. The van der Waals surface area contributed by atoms with Crippen molar-refractivity contribution in [1.82, 2.24) is 29.2 Å². The molecule has 0 radical (unpaired) electrons. The lowest BCUT2D eigenvalue weighted by molar-refractivity contribution is 0.414. The molecule has 5 rings (SSSR count). The molecule has 0 amide bonds. The Labute approximate surface area is 164 Å². The summed E-state index contributed by atoms with van der Waals surface area (Å²) >= 11 is 1.48. The van der Waals surface area contributed by atoms with Crippen molar-refractivity contribution in [2.45, 2.75) is 6.92 Å². The van der Waals surface area contributed by atoms with E-state index in [2.05, 4.69) is 20.3 Å². The fraction of sp³-hybridized carbons (Fsp3) is 0.100. The van der Waals surface area contributed by atoms with Gasteiger partial charge in [0, 0.05) is 11.8 Å². The van der Waals surface area contributed by atoms with E-state index in [0.717, 1.165) is 38.3 Å². The van der Waals surface area contributed by atoms with Gasteiger partial charge in [-0.2, -0.15) is 9.61 Å². The molecule has 1 aromatic carbocycles. The molecule has 138 valence electrons. The molecule has 0 aliphatic rings. The van der Waals surface area contributed by atoms with Gasteiger partial charge in [-0.3, -0.25) is 4.40 Å². The van der Waals surface area contributed by atoms with Gasteiger partial charge in [-0.25, -0.2) is 4.98 Å². The average Bonchev–Trinajstić information content (AvgIpc) is 3.38. The van der Waals surface area contributed by atoms with E-state index in [-0.39, 0.29) is 0 Å². The van der Waals surface area contributed by atoms with Crippen molar-refractivity contribution < 1.29 is 4.74 Å². The average molecular weight is 388 g/mol. The summed E-state index contributed by atoms with van der Waals surface area (Å²) in [5.41, 5.74) is 3.65. The van der Waals surface area contributed by atoms with Crippen LogP contribution in [0.1, 0.15) is 16.3 Å². The highest BCUT2D eigenvalue weighted by Crippen LogP contribution is 2.27. The zero-order valence-electron chi connectivity index (χ0n) is 15.3. The monoisotopic (exact) mass is 388 g/mol. The van der Waals surface area contributed by atoms with Gasteiger partial charge < -0.3 is 4.74 Å². The van der Waals surface area contributed by atoms with Gasteiger partial charge in [0.15, 0.2) is 0 Å². The van der Waals surface area contributed by atoms with Gasteiger partial charge in [-0.1, -0.05) is 35.6 Å². The van der Waals surface area contributed by atoms with Crippen molar-refractivity contribution >= 4 is 34.1 Å². The zero-order chi connectivity index (χ0) is 19.1. The largest absolute Gasteiger partial charge is 0.496 e. The van der Waals surface area contributed by atoms with Crippen LogP contribution in [-0.2, 0) is 0 Å². The molecule has 0 atom stereocenters. The number of hydrogen-bond acceptors (Lipinski definition) is 6. The molecule has 0 aliphatic heterocycles. The first kappa shape index (κ1) is 16.6. The molecule has 0 unspecified atom stereocenters. The first-order chi connectivity index (χ1) is 13.7. The van der Waals surface area contributed by atoms with Crippen molar-refractivity contribution in [3.05, 3.63) is 64.9 Å². The fourth-order valence-electron chi connectivity index (χ4n) is 3.19. The van der Waals surface area contributed by atoms with E-state index >= 15 is 0 Å². The second kappa shape index (κ2) is 6.58. The lowest BCUT2D eigenvalue weighted by Crippen LogP contribution is -1.96. The van der Waals surface area contributed by atoms with Gasteiger partial charge in [0.25, 0.3) is 0 Å². The molecule has 0 aliphatic carbocycles. The lowest BCUT2D eigenvalue weighted by atomic mass is 10.2. The number of para-hydroxylation sites is 1. The summed E-state index contributed by atoms with van der Waals surface area (Å²) in [6.45, 7) is 1.97. The summed E-state index contributed by atoms with van der Waals surface area (Å²) < 4.78 is 9.18. The summed E-state index contributed by atoms with van der Waals surface area (Å²) in [5.74, 6) is 1.50. The summed E-state index contributed by atoms with van der Waals surface area (Å²) in [6, 6.07) is 13.8. The topological polar surface area (TPSA) is 69.6 Å². The Morgan fingerprint density at radius 3 is 2.79 bits per heavy atom. The molecule has 0 fully saturated rings. The highest BCUT2D eigenvalue weighted by Gasteiger charge is 2.19. The van der Waals surface area contributed by atoms with Crippen LogP contribution in [0.2, 0.25) is 0 Å². The van der Waals surface area contributed by atoms with E-state index in [4.69, 9.17) is 4.74 Å². The Morgan fingerprint density at radius 1 is 1.04 bits per heavy atom. The molecule has 0 N–H and O–H groups in total. The van der Waals surface area contributed by atoms with E-state index in [1.165, 1.54) is 11.3 Å². The number of pyridine rings is 1. The first-order valence-electron chi connectivity index (χ1n) is 8.72. The van der Waals surface area contributed by atoms with Crippen LogP contribution in [0.3, 0.4) is 0 Å². The molecule has 4 heterocycles. The van der Waals surface area contributed by atoms with Crippen LogP contribution in [-0.4, -0.2) is 36.3 Å². The molecular formula is C20H16N6OS. The summed E-state index contributed by atoms with van der Waals surface area (Å²) in [7, 11) is 1.67. The molecule has 0 saturated heterocycles. The SMILES string of the molecule is COc1ccccc1/C=C/c1nn2c(-c3c(C)nc4ccccn34)nnc2s1. The van der Waals surface area contributed by atoms with E-state index in [1.54, 1.807) is 11.6 Å². The van der Waals surface area contributed by atoms with Gasteiger partial charge >= 0.3 is 0 Å². The molecular weight excluding hydrogens is 372 g/mol. The van der Waals surface area contributed by atoms with E-state index in [1.807, 2.05) is 72.1 Å². The minimum Gasteiger partial charge on any atom is -0.496 e. The molecule has 0 spiro atoms. The quantitative estimate of drug-likeness (QED) is 0.466. The van der Waals surface area contributed by atoms with Crippen molar-refractivity contribution in [2.24, 2.45) is 0 Å². The fourth-order valence-corrected chi connectivity index (χ4v) is 3.94. The van der Waals surface area contributed by atoms with Crippen molar-refractivity contribution in [3.8, 4) is 17.3 Å². The Morgan fingerprint density at radius 2 is 1.89 bits per heavy atom. The van der Waals surface area contributed by atoms with E-state index in [0.29, 0.717) is 5.82 Å². The predicted octanol–water partition coefficient (Wildman–Crippen LogP) is 3.99. The standard InChI is InChI=1S/C20H16N6OS/c1-13-18(25-12-6-5-9-16(25)21-13)19-22-23-20-26(19)24-17(28-20)11-10-14-7-3-4-8-15(14)27-2/h3-12H,1-2H3/b11-10+. The molecule has 0 bridgehead atoms. The highest BCUT2D eigenvalue weighted by molar-refractivity contribution is 7.17. The molecule has 28 heavy (non-hydrogen) atoms. The van der Waals surface area contributed by atoms with Gasteiger partial charge in [0.05, 0.1) is 12.8 Å². The first-order valence-corrected chi connectivity index (χ1v) is 9.53. The molecule has 7 nitrogen and oxygen atoms in total. The number of aromatic nitrogens is 6.